The van der Waals surface area contributed by atoms with E-state index in [1.54, 1.807) is 24.2 Å². The zero-order chi connectivity index (χ0) is 13.6. The van der Waals surface area contributed by atoms with Crippen molar-refractivity contribution in [1.82, 2.24) is 0 Å². The molecule has 0 rings (SSSR count). The van der Waals surface area contributed by atoms with Crippen LogP contribution in [0.2, 0.25) is 24.2 Å². The summed E-state index contributed by atoms with van der Waals surface area (Å²) in [6.45, 7) is 0. The summed E-state index contributed by atoms with van der Waals surface area (Å²) in [5, 5.41) is 0. The Hall–Kier alpha value is 2.35. The van der Waals surface area contributed by atoms with E-state index in [0.717, 1.165) is 0 Å². The lowest BCUT2D eigenvalue weighted by molar-refractivity contribution is 0.837. The third-order valence-electron chi connectivity index (χ3n) is 3.09. The summed E-state index contributed by atoms with van der Waals surface area (Å²) >= 11 is 14.2. The van der Waals surface area contributed by atoms with Crippen LogP contribution in [-0.2, 0) is 0 Å². The highest BCUT2D eigenvalue weighted by Gasteiger charge is 1.99. The lowest BCUT2D eigenvalue weighted by Crippen LogP contribution is -1.94. The molecule has 18 heavy (non-hydrogen) atoms. The zero-order valence-electron chi connectivity index (χ0n) is 11.2. The molecule has 0 aromatic heterocycles. The van der Waals surface area contributed by atoms with Crippen molar-refractivity contribution in [2.24, 2.45) is 0 Å². The molecule has 0 aromatic carbocycles. The first kappa shape index (κ1) is 20.4. The van der Waals surface area contributed by atoms with Gasteiger partial charge in [0.15, 0.2) is 0 Å². The molecule has 6 heteroatoms. The molecule has 0 radical (unpaired) electrons. The molecule has 110 valence electrons. The number of alkyl halides is 4. The van der Waals surface area contributed by atoms with Crippen molar-refractivity contribution in [1.29, 1.82) is 0 Å². The normalized spacial score (nSPS) is 13.0. The summed E-state index contributed by atoms with van der Waals surface area (Å²) < 4.78 is 1.09. The Kier molecular flexibility index (Phi) is 17.8. The van der Waals surface area contributed by atoms with Crippen molar-refractivity contribution in [2.45, 2.75) is 70.2 Å². The van der Waals surface area contributed by atoms with E-state index in [1.165, 1.54) is 38.5 Å². The third kappa shape index (κ3) is 18.4. The maximum Gasteiger partial charge on any atom is 0.0697 e. The van der Waals surface area contributed by atoms with Gasteiger partial charge in [0.25, 0.3) is 0 Å². The molecule has 0 aliphatic carbocycles. The largest absolute Gasteiger partial charge is 0.0765 e. The summed E-state index contributed by atoms with van der Waals surface area (Å²) in [5.74, 6) is 0. The summed E-state index contributed by atoms with van der Waals surface area (Å²) in [4.78, 5) is 0. The van der Waals surface area contributed by atoms with Crippen molar-refractivity contribution < 1.29 is 0 Å². The molecule has 0 saturated heterocycles. The highest BCUT2D eigenvalue weighted by molar-refractivity contribution is 9.25. The predicted octanol–water partition coefficient (Wildman–Crippen LogP) is 5.57. The molecule has 0 aliphatic rings. The number of halogens is 4. The maximum atomic E-state index is 3.54. The molecule has 0 bridgehead atoms. The molecule has 0 atom stereocenters. The molecule has 0 unspecified atom stereocenters. The molecule has 0 N–H and O–H groups in total. The van der Waals surface area contributed by atoms with Gasteiger partial charge in [-0.15, -0.1) is 0 Å². The second kappa shape index (κ2) is 15.7. The molecular formula is C12H26Br4Si2. The van der Waals surface area contributed by atoms with Gasteiger partial charge in [0.2, 0.25) is 0 Å². The summed E-state index contributed by atoms with van der Waals surface area (Å²) in [7, 11) is 0.550. The first-order chi connectivity index (χ1) is 8.63. The van der Waals surface area contributed by atoms with Crippen LogP contribution < -0.4 is 0 Å². The van der Waals surface area contributed by atoms with Crippen LogP contribution >= 0.6 is 63.7 Å². The van der Waals surface area contributed by atoms with Gasteiger partial charge in [-0.3, -0.25) is 0 Å². The van der Waals surface area contributed by atoms with E-state index in [9.17, 15) is 0 Å². The van der Waals surface area contributed by atoms with Crippen LogP contribution in [0.3, 0.4) is 0 Å². The van der Waals surface area contributed by atoms with Crippen LogP contribution in [0.15, 0.2) is 0 Å². The van der Waals surface area contributed by atoms with Gasteiger partial charge in [-0.2, -0.15) is 0 Å². The molecule has 0 aliphatic heterocycles. The molecule has 0 amide bonds. The molecule has 0 heterocycles. The smallest absolute Gasteiger partial charge is 0.0697 e. The van der Waals surface area contributed by atoms with Crippen molar-refractivity contribution >= 4 is 82.8 Å². The maximum absolute atomic E-state index is 3.54. The zero-order valence-corrected chi connectivity index (χ0v) is 20.3. The van der Waals surface area contributed by atoms with Crippen molar-refractivity contribution in [3.8, 4) is 0 Å². The van der Waals surface area contributed by atoms with Crippen molar-refractivity contribution in [2.75, 3.05) is 0 Å². The molecule has 0 nitrogen and oxygen atoms in total. The summed E-state index contributed by atoms with van der Waals surface area (Å²) in [6, 6.07) is 6.27. The number of hydrogen-bond donors (Lipinski definition) is 0. The van der Waals surface area contributed by atoms with Gasteiger partial charge < -0.3 is 0 Å². The van der Waals surface area contributed by atoms with Gasteiger partial charge in [-0.1, -0.05) is 114 Å². The van der Waals surface area contributed by atoms with E-state index < -0.39 is 0 Å². The van der Waals surface area contributed by atoms with E-state index in [-0.39, 0.29) is 19.0 Å². The standard InChI is InChI=1S/C12H26Br4Si2/c13-11(14)5-3-9-17-7-1-2-8-18-10-4-6-12(15)16/h11-12H,1-10,17-18H2. The fourth-order valence-corrected chi connectivity index (χ4v) is 6.71. The van der Waals surface area contributed by atoms with E-state index in [2.05, 4.69) is 63.7 Å². The molecule has 0 spiro atoms. The molecular weight excluding hydrogens is 520 g/mol. The first-order valence-corrected chi connectivity index (χ1v) is 14.9. The number of rotatable bonds is 13. The van der Waals surface area contributed by atoms with E-state index in [0.29, 0.717) is 7.47 Å². The van der Waals surface area contributed by atoms with Crippen LogP contribution in [0.4, 0.5) is 0 Å². The summed E-state index contributed by atoms with van der Waals surface area (Å²) in [5.41, 5.74) is 0. The minimum absolute atomic E-state index is 0.275. The Morgan fingerprint density at radius 2 is 0.889 bits per heavy atom. The fourth-order valence-electron chi connectivity index (χ4n) is 2.01. The number of unbranched alkanes of at least 4 members (excludes halogenated alkanes) is 1. The van der Waals surface area contributed by atoms with Crippen LogP contribution in [-0.4, -0.2) is 26.5 Å². The second-order valence-corrected chi connectivity index (χ2v) is 16.0. The van der Waals surface area contributed by atoms with Gasteiger partial charge in [0, 0.05) is 19.0 Å². The predicted molar refractivity (Wildman–Crippen MR) is 107 cm³/mol. The highest BCUT2D eigenvalue weighted by Crippen LogP contribution is 2.17. The lowest BCUT2D eigenvalue weighted by Gasteiger charge is -2.03. The van der Waals surface area contributed by atoms with Gasteiger partial charge in [-0.05, 0) is 12.8 Å². The lowest BCUT2D eigenvalue weighted by atomic mass is 10.4. The molecule has 0 fully saturated rings. The molecule has 0 saturated carbocycles. The monoisotopic (exact) mass is 542 g/mol. The Bertz CT molecular complexity index is 150. The quantitative estimate of drug-likeness (QED) is 0.161. The van der Waals surface area contributed by atoms with E-state index in [1.807, 2.05) is 0 Å². The van der Waals surface area contributed by atoms with Gasteiger partial charge in [0.1, 0.15) is 0 Å². The Morgan fingerprint density at radius 1 is 0.556 bits per heavy atom. The fraction of sp³-hybridized carbons (Fsp3) is 1.00. The molecule has 0 aromatic rings. The minimum Gasteiger partial charge on any atom is -0.0765 e. The van der Waals surface area contributed by atoms with Crippen LogP contribution in [0.25, 0.3) is 0 Å². The SMILES string of the molecule is BrC(Br)CCC[SiH2]CCCC[SiH2]CCCC(Br)Br. The average molecular weight is 546 g/mol. The van der Waals surface area contributed by atoms with Gasteiger partial charge in [0.05, 0.1) is 7.47 Å². The van der Waals surface area contributed by atoms with Gasteiger partial charge in [-0.25, -0.2) is 0 Å². The van der Waals surface area contributed by atoms with Crippen molar-refractivity contribution in [3.63, 3.8) is 0 Å². The van der Waals surface area contributed by atoms with Crippen molar-refractivity contribution in [3.05, 3.63) is 0 Å². The van der Waals surface area contributed by atoms with E-state index >= 15 is 0 Å². The van der Waals surface area contributed by atoms with Gasteiger partial charge >= 0.3 is 0 Å². The third-order valence-corrected chi connectivity index (χ3v) is 8.93. The Balaban J connectivity index is 2.95. The van der Waals surface area contributed by atoms with Crippen LogP contribution in [0.5, 0.6) is 0 Å². The minimum atomic E-state index is 0.275. The Morgan fingerprint density at radius 3 is 1.22 bits per heavy atom. The van der Waals surface area contributed by atoms with E-state index in [4.69, 9.17) is 0 Å². The first-order valence-electron chi connectivity index (χ1n) is 7.19. The van der Waals surface area contributed by atoms with Crippen LogP contribution in [0, 0.1) is 0 Å². The summed E-state index contributed by atoms with van der Waals surface area (Å²) in [6.07, 6.45) is 8.49. The van der Waals surface area contributed by atoms with Crippen LogP contribution in [0.1, 0.15) is 38.5 Å². The average Bonchev–Trinajstić information content (AvgIpc) is 2.29. The Labute approximate surface area is 151 Å². The number of hydrogen-bond acceptors (Lipinski definition) is 0. The highest BCUT2D eigenvalue weighted by atomic mass is 79.9. The second-order valence-electron chi connectivity index (χ2n) is 4.90. The topological polar surface area (TPSA) is 0 Å².